The van der Waals surface area contributed by atoms with E-state index in [-0.39, 0.29) is 5.69 Å². The molecule has 0 spiro atoms. The van der Waals surface area contributed by atoms with Gasteiger partial charge in [-0.15, -0.1) is 0 Å². The molecule has 0 aliphatic rings. The van der Waals surface area contributed by atoms with Crippen LogP contribution in [0.3, 0.4) is 0 Å². The van der Waals surface area contributed by atoms with Gasteiger partial charge in [-0.05, 0) is 30.2 Å². The summed E-state index contributed by atoms with van der Waals surface area (Å²) in [5.74, 6) is -0.531. The Morgan fingerprint density at radius 3 is 2.76 bits per heavy atom. The lowest BCUT2D eigenvalue weighted by Crippen LogP contribution is -2.12. The van der Waals surface area contributed by atoms with E-state index in [1.165, 1.54) is 0 Å². The van der Waals surface area contributed by atoms with Crippen LogP contribution >= 0.6 is 0 Å². The highest BCUT2D eigenvalue weighted by molar-refractivity contribution is 5.90. The van der Waals surface area contributed by atoms with E-state index < -0.39 is 5.91 Å². The van der Waals surface area contributed by atoms with Crippen LogP contribution in [-0.4, -0.2) is 15.7 Å². The summed E-state index contributed by atoms with van der Waals surface area (Å²) in [4.78, 5) is 11.0. The maximum atomic E-state index is 11.0. The average molecular weight is 230 g/mol. The zero-order chi connectivity index (χ0) is 12.4. The van der Waals surface area contributed by atoms with Crippen molar-refractivity contribution in [1.82, 2.24) is 9.78 Å². The highest BCUT2D eigenvalue weighted by Gasteiger charge is 2.08. The van der Waals surface area contributed by atoms with E-state index >= 15 is 0 Å². The van der Waals surface area contributed by atoms with Crippen LogP contribution in [-0.2, 0) is 6.54 Å². The summed E-state index contributed by atoms with van der Waals surface area (Å²) >= 11 is 0. The van der Waals surface area contributed by atoms with E-state index in [4.69, 9.17) is 11.5 Å². The van der Waals surface area contributed by atoms with Crippen LogP contribution in [0.2, 0.25) is 0 Å². The minimum Gasteiger partial charge on any atom is -0.364 e. The quantitative estimate of drug-likeness (QED) is 0.815. The smallest absolute Gasteiger partial charge is 0.269 e. The molecule has 0 aliphatic carbocycles. The van der Waals surface area contributed by atoms with Gasteiger partial charge in [-0.25, -0.2) is 4.68 Å². The van der Waals surface area contributed by atoms with Crippen molar-refractivity contribution in [1.29, 1.82) is 0 Å². The topological polar surface area (TPSA) is 86.9 Å². The Morgan fingerprint density at radius 1 is 1.41 bits per heavy atom. The van der Waals surface area contributed by atoms with Crippen LogP contribution in [0.15, 0.2) is 30.5 Å². The molecule has 0 atom stereocenters. The van der Waals surface area contributed by atoms with Gasteiger partial charge in [0.25, 0.3) is 5.91 Å². The molecule has 4 N–H and O–H groups in total. The summed E-state index contributed by atoms with van der Waals surface area (Å²) in [7, 11) is 0. The number of carbonyl (C=O) groups is 1. The van der Waals surface area contributed by atoms with Gasteiger partial charge in [0.05, 0.1) is 5.69 Å². The number of benzene rings is 1. The molecule has 1 aromatic heterocycles. The lowest BCUT2D eigenvalue weighted by molar-refractivity contribution is 0.0995. The second kappa shape index (κ2) is 4.39. The van der Waals surface area contributed by atoms with Crippen LogP contribution in [0.4, 0.5) is 0 Å². The van der Waals surface area contributed by atoms with Crippen molar-refractivity contribution in [3.8, 4) is 5.69 Å². The molecule has 0 fully saturated rings. The van der Waals surface area contributed by atoms with E-state index in [2.05, 4.69) is 5.10 Å². The first-order valence-electron chi connectivity index (χ1n) is 5.27. The standard InChI is InChI=1S/C12H14N4O/c1-8-2-3-9(7-13)6-11(8)16-5-4-10(15-16)12(14)17/h2-6H,7,13H2,1H3,(H2,14,17). The largest absolute Gasteiger partial charge is 0.364 e. The monoisotopic (exact) mass is 230 g/mol. The molecule has 5 heteroatoms. The zero-order valence-corrected chi connectivity index (χ0v) is 9.55. The molecule has 2 aromatic rings. The van der Waals surface area contributed by atoms with E-state index in [0.717, 1.165) is 16.8 Å². The zero-order valence-electron chi connectivity index (χ0n) is 9.55. The molecule has 1 aromatic carbocycles. The molecule has 88 valence electrons. The van der Waals surface area contributed by atoms with E-state index in [1.54, 1.807) is 16.9 Å². The summed E-state index contributed by atoms with van der Waals surface area (Å²) in [6, 6.07) is 7.49. The Balaban J connectivity index is 2.47. The normalized spacial score (nSPS) is 10.5. The predicted molar refractivity (Wildman–Crippen MR) is 64.7 cm³/mol. The van der Waals surface area contributed by atoms with Gasteiger partial charge < -0.3 is 11.5 Å². The van der Waals surface area contributed by atoms with Gasteiger partial charge in [-0.3, -0.25) is 4.79 Å². The maximum Gasteiger partial charge on any atom is 0.269 e. The lowest BCUT2D eigenvalue weighted by Gasteiger charge is -2.07. The molecule has 0 saturated carbocycles. The number of amides is 1. The van der Waals surface area contributed by atoms with Gasteiger partial charge in [0.2, 0.25) is 0 Å². The van der Waals surface area contributed by atoms with Crippen molar-refractivity contribution in [3.63, 3.8) is 0 Å². The first kappa shape index (κ1) is 11.3. The molecule has 0 unspecified atom stereocenters. The SMILES string of the molecule is Cc1ccc(CN)cc1-n1ccc(C(N)=O)n1. The van der Waals surface area contributed by atoms with E-state index in [9.17, 15) is 4.79 Å². The number of nitrogens with two attached hydrogens (primary N) is 2. The molecule has 5 nitrogen and oxygen atoms in total. The van der Waals surface area contributed by atoms with Gasteiger partial charge in [-0.2, -0.15) is 5.10 Å². The van der Waals surface area contributed by atoms with Crippen molar-refractivity contribution < 1.29 is 4.79 Å². The van der Waals surface area contributed by atoms with Crippen molar-refractivity contribution in [2.75, 3.05) is 0 Å². The first-order chi connectivity index (χ1) is 8.11. The summed E-state index contributed by atoms with van der Waals surface area (Å²) < 4.78 is 1.63. The summed E-state index contributed by atoms with van der Waals surface area (Å²) in [5.41, 5.74) is 14.0. The number of hydrogen-bond acceptors (Lipinski definition) is 3. The maximum absolute atomic E-state index is 11.0. The highest BCUT2D eigenvalue weighted by atomic mass is 16.1. The van der Waals surface area contributed by atoms with Crippen LogP contribution in [0.1, 0.15) is 21.6 Å². The van der Waals surface area contributed by atoms with Crippen LogP contribution in [0.5, 0.6) is 0 Å². The molecular weight excluding hydrogens is 216 g/mol. The number of hydrogen-bond donors (Lipinski definition) is 2. The van der Waals surface area contributed by atoms with Crippen LogP contribution in [0, 0.1) is 6.92 Å². The summed E-state index contributed by atoms with van der Waals surface area (Å²) in [5, 5.41) is 4.12. The molecule has 1 heterocycles. The van der Waals surface area contributed by atoms with Gasteiger partial charge in [-0.1, -0.05) is 12.1 Å². The van der Waals surface area contributed by atoms with E-state index in [0.29, 0.717) is 6.54 Å². The fourth-order valence-corrected chi connectivity index (χ4v) is 1.62. The first-order valence-corrected chi connectivity index (χ1v) is 5.27. The second-order valence-electron chi connectivity index (χ2n) is 3.83. The Kier molecular flexibility index (Phi) is 2.93. The van der Waals surface area contributed by atoms with Crippen LogP contribution in [0.25, 0.3) is 5.69 Å². The minimum absolute atomic E-state index is 0.252. The van der Waals surface area contributed by atoms with Gasteiger partial charge >= 0.3 is 0 Å². The predicted octanol–water partition coefficient (Wildman–Crippen LogP) is 0.738. The number of aryl methyl sites for hydroxylation is 1. The van der Waals surface area contributed by atoms with Crippen molar-refractivity contribution in [3.05, 3.63) is 47.3 Å². The Hall–Kier alpha value is -2.14. The molecule has 1 amide bonds. The summed E-state index contributed by atoms with van der Waals surface area (Å²) in [6.07, 6.45) is 1.71. The van der Waals surface area contributed by atoms with Crippen molar-refractivity contribution in [2.45, 2.75) is 13.5 Å². The van der Waals surface area contributed by atoms with Gasteiger partial charge in [0, 0.05) is 12.7 Å². The third-order valence-corrected chi connectivity index (χ3v) is 2.60. The number of aromatic nitrogens is 2. The summed E-state index contributed by atoms with van der Waals surface area (Å²) in [6.45, 7) is 2.44. The van der Waals surface area contributed by atoms with Gasteiger partial charge in [0.15, 0.2) is 0 Å². The number of rotatable bonds is 3. The Morgan fingerprint density at radius 2 is 2.18 bits per heavy atom. The number of carbonyl (C=O) groups excluding carboxylic acids is 1. The highest BCUT2D eigenvalue weighted by Crippen LogP contribution is 2.15. The Labute approximate surface area is 99.0 Å². The molecule has 0 radical (unpaired) electrons. The number of primary amides is 1. The third-order valence-electron chi connectivity index (χ3n) is 2.60. The second-order valence-corrected chi connectivity index (χ2v) is 3.83. The molecule has 0 aliphatic heterocycles. The van der Waals surface area contributed by atoms with Crippen LogP contribution < -0.4 is 11.5 Å². The molecule has 0 saturated heterocycles. The van der Waals surface area contributed by atoms with E-state index in [1.807, 2.05) is 25.1 Å². The minimum atomic E-state index is -0.531. The van der Waals surface area contributed by atoms with Crippen molar-refractivity contribution in [2.24, 2.45) is 11.5 Å². The fourth-order valence-electron chi connectivity index (χ4n) is 1.62. The molecule has 0 bridgehead atoms. The molecule has 2 rings (SSSR count). The number of nitrogens with zero attached hydrogens (tertiary/aromatic N) is 2. The third kappa shape index (κ3) is 2.19. The average Bonchev–Trinajstić information content (AvgIpc) is 2.79. The molecular formula is C12H14N4O. The van der Waals surface area contributed by atoms with Gasteiger partial charge in [0.1, 0.15) is 5.69 Å². The fraction of sp³-hybridized carbons (Fsp3) is 0.167. The Bertz CT molecular complexity index is 559. The van der Waals surface area contributed by atoms with Crippen molar-refractivity contribution >= 4 is 5.91 Å². The lowest BCUT2D eigenvalue weighted by atomic mass is 10.1. The molecule has 17 heavy (non-hydrogen) atoms.